The maximum atomic E-state index is 12.8. The second kappa shape index (κ2) is 26.3. The van der Waals surface area contributed by atoms with Gasteiger partial charge in [0, 0.05) is 34.7 Å². The monoisotopic (exact) mass is 885 g/mol. The highest BCUT2D eigenvalue weighted by atomic mass is 32.2. The molecule has 9 nitrogen and oxygen atoms in total. The number of carbonyl (C=O) groups excluding carboxylic acids is 4. The Bertz CT molecular complexity index is 2280. The molecule has 3 aromatic heterocycles. The van der Waals surface area contributed by atoms with Gasteiger partial charge in [-0.15, -0.1) is 0 Å². The van der Waals surface area contributed by atoms with Gasteiger partial charge in [-0.05, 0) is 135 Å². The van der Waals surface area contributed by atoms with Crippen LogP contribution in [0.2, 0.25) is 0 Å². The van der Waals surface area contributed by atoms with Crippen LogP contribution in [-0.2, 0) is 9.59 Å². The number of thioether (sulfide) groups is 2. The molecule has 63 heavy (non-hydrogen) atoms. The van der Waals surface area contributed by atoms with Crippen LogP contribution in [0.15, 0.2) is 137 Å². The number of anilines is 2. The molecule has 2 saturated heterocycles. The van der Waals surface area contributed by atoms with Crippen molar-refractivity contribution >= 4 is 69.3 Å². The summed E-state index contributed by atoms with van der Waals surface area (Å²) < 4.78 is 4.23. The van der Waals surface area contributed by atoms with Gasteiger partial charge in [-0.1, -0.05) is 117 Å². The van der Waals surface area contributed by atoms with E-state index in [1.807, 2.05) is 180 Å². The second-order valence-corrected chi connectivity index (χ2v) is 14.6. The molecule has 11 heteroatoms. The quantitative estimate of drug-likeness (QED) is 0.154. The largest absolute Gasteiger partial charge is 0.318 e. The normalized spacial score (nSPS) is 13.9. The lowest BCUT2D eigenvalue weighted by Gasteiger charge is -2.11. The fraction of sp³-hybridized carbons (Fsp3) is 0.250. The van der Waals surface area contributed by atoms with Crippen LogP contribution < -0.4 is 9.80 Å². The summed E-state index contributed by atoms with van der Waals surface area (Å²) in [7, 11) is 0. The molecule has 0 aliphatic carbocycles. The van der Waals surface area contributed by atoms with Crippen molar-refractivity contribution in [3.63, 3.8) is 0 Å². The van der Waals surface area contributed by atoms with Crippen LogP contribution in [-0.4, -0.2) is 36.4 Å². The van der Waals surface area contributed by atoms with E-state index in [-0.39, 0.29) is 29.7 Å². The first-order chi connectivity index (χ1) is 30.1. The molecule has 0 unspecified atom stereocenters. The summed E-state index contributed by atoms with van der Waals surface area (Å²) in [6.07, 6.45) is 7.14. The summed E-state index contributed by atoms with van der Waals surface area (Å²) in [5.74, 6) is -0.567. The van der Waals surface area contributed by atoms with Gasteiger partial charge in [0.25, 0.3) is 22.3 Å². The van der Waals surface area contributed by atoms with E-state index in [4.69, 9.17) is 0 Å². The van der Waals surface area contributed by atoms with Crippen molar-refractivity contribution in [3.8, 4) is 11.4 Å². The predicted octanol–water partition coefficient (Wildman–Crippen LogP) is 14.8. The van der Waals surface area contributed by atoms with Gasteiger partial charge in [-0.3, -0.25) is 24.2 Å². The van der Waals surface area contributed by atoms with E-state index in [1.165, 1.54) is 9.80 Å². The minimum absolute atomic E-state index is 0. The maximum Gasteiger partial charge on any atom is 0.298 e. The first-order valence-electron chi connectivity index (χ1n) is 21.1. The Kier molecular flexibility index (Phi) is 22.1. The van der Waals surface area contributed by atoms with Crippen molar-refractivity contribution in [1.82, 2.24) is 14.1 Å². The Balaban J connectivity index is 0.000000370. The van der Waals surface area contributed by atoms with Crippen molar-refractivity contribution in [2.45, 2.75) is 90.5 Å². The number of carbonyl (C=O) groups is 4. The molecular formula is C52H63N5O4S2. The van der Waals surface area contributed by atoms with Gasteiger partial charge in [0.15, 0.2) is 0 Å². The van der Waals surface area contributed by atoms with E-state index < -0.39 is 0 Å². The lowest BCUT2D eigenvalue weighted by atomic mass is 10.2. The molecule has 5 heterocycles. The van der Waals surface area contributed by atoms with Crippen LogP contribution in [0.25, 0.3) is 23.5 Å². The summed E-state index contributed by atoms with van der Waals surface area (Å²) in [5, 5.41) is -0.548. The fourth-order valence-electron chi connectivity index (χ4n) is 6.54. The zero-order chi connectivity index (χ0) is 45.9. The number of benzene rings is 3. The number of rotatable bonds is 6. The van der Waals surface area contributed by atoms with Gasteiger partial charge in [-0.25, -0.2) is 9.80 Å². The molecule has 4 amide bonds. The molecule has 0 radical (unpaired) electrons. The fourth-order valence-corrected chi connectivity index (χ4v) is 8.21. The van der Waals surface area contributed by atoms with Gasteiger partial charge >= 0.3 is 0 Å². The Hall–Kier alpha value is -6.17. The summed E-state index contributed by atoms with van der Waals surface area (Å²) in [6, 6.07) is 36.0. The van der Waals surface area contributed by atoms with Gasteiger partial charge in [-0.2, -0.15) is 0 Å². The highest BCUT2D eigenvalue weighted by Gasteiger charge is 2.37. The van der Waals surface area contributed by atoms with Crippen LogP contribution in [0.5, 0.6) is 0 Å². The van der Waals surface area contributed by atoms with E-state index >= 15 is 0 Å². The molecule has 332 valence electrons. The Morgan fingerprint density at radius 2 is 0.794 bits per heavy atom. The number of aryl methyl sites for hydroxylation is 2. The average molecular weight is 886 g/mol. The number of pyridine rings is 1. The standard InChI is InChI=1S/C22H18N2O2S.C21H17N3O2S.4C2H6.CH4/c1-15-13-17(16(2)23(15)18-9-5-3-6-10-18)14-20-21(25)24(22(26)27-20)19-11-7-4-8-12-19;1-14-11-16(15(2)23(14)18-9-6-10-22-13-18)12-19-20(25)24(21(26)27-19)17-7-4-3-5-8-17;4*1-2;/h3-14H,1-2H3;3-13H,1-2H3;4*1-2H3;1H4/b20-14-;19-12-;;;;;. The minimum Gasteiger partial charge on any atom is -0.318 e. The number of para-hydroxylation sites is 3. The van der Waals surface area contributed by atoms with E-state index in [1.54, 1.807) is 42.7 Å². The second-order valence-electron chi connectivity index (χ2n) is 12.6. The molecule has 0 bridgehead atoms. The zero-order valence-electron chi connectivity index (χ0n) is 38.0. The summed E-state index contributed by atoms with van der Waals surface area (Å²) in [4.78, 5) is 57.9. The van der Waals surface area contributed by atoms with Crippen LogP contribution in [0.4, 0.5) is 21.0 Å². The third kappa shape index (κ3) is 12.5. The van der Waals surface area contributed by atoms with Crippen LogP contribution in [0.3, 0.4) is 0 Å². The topological polar surface area (TPSA) is 97.5 Å². The van der Waals surface area contributed by atoms with E-state index in [2.05, 4.69) is 14.1 Å². The lowest BCUT2D eigenvalue weighted by molar-refractivity contribution is -0.114. The van der Waals surface area contributed by atoms with Crippen LogP contribution in [0.1, 0.15) is 96.7 Å². The molecule has 0 spiro atoms. The van der Waals surface area contributed by atoms with Gasteiger partial charge in [0.2, 0.25) is 0 Å². The maximum absolute atomic E-state index is 12.8. The smallest absolute Gasteiger partial charge is 0.298 e. The molecule has 6 aromatic rings. The van der Waals surface area contributed by atoms with E-state index in [9.17, 15) is 19.2 Å². The van der Waals surface area contributed by atoms with Crippen molar-refractivity contribution in [1.29, 1.82) is 0 Å². The SMILES string of the molecule is C.CC.CC.CC.CC.Cc1cc(/C=C2\SC(=O)N(c3ccccc3)C2=O)c(C)n1-c1ccccc1.Cc1cc(/C=C2\SC(=O)N(c3ccccc3)C2=O)c(C)n1-c1cccnc1. The zero-order valence-corrected chi connectivity index (χ0v) is 39.6. The molecule has 8 rings (SSSR count). The number of amides is 4. The highest BCUT2D eigenvalue weighted by Crippen LogP contribution is 2.38. The Morgan fingerprint density at radius 3 is 1.14 bits per heavy atom. The number of nitrogens with zero attached hydrogens (tertiary/aromatic N) is 5. The Morgan fingerprint density at radius 1 is 0.460 bits per heavy atom. The number of hydrogen-bond donors (Lipinski definition) is 0. The molecule has 0 saturated carbocycles. The third-order valence-electron chi connectivity index (χ3n) is 9.05. The molecule has 0 N–H and O–H groups in total. The van der Waals surface area contributed by atoms with E-state index in [0.29, 0.717) is 21.2 Å². The Labute approximate surface area is 383 Å². The average Bonchev–Trinajstić information content (AvgIpc) is 3.98. The van der Waals surface area contributed by atoms with Crippen LogP contribution >= 0.6 is 23.5 Å². The van der Waals surface area contributed by atoms with Crippen molar-refractivity contribution in [2.24, 2.45) is 0 Å². The predicted molar refractivity (Wildman–Crippen MR) is 270 cm³/mol. The van der Waals surface area contributed by atoms with Gasteiger partial charge in [0.1, 0.15) is 0 Å². The summed E-state index contributed by atoms with van der Waals surface area (Å²) in [6.45, 7) is 24.1. The highest BCUT2D eigenvalue weighted by molar-refractivity contribution is 8.19. The van der Waals surface area contributed by atoms with Crippen molar-refractivity contribution in [2.75, 3.05) is 9.80 Å². The van der Waals surface area contributed by atoms with Crippen molar-refractivity contribution in [3.05, 3.63) is 171 Å². The first kappa shape index (κ1) is 53.0. The lowest BCUT2D eigenvalue weighted by Crippen LogP contribution is -2.27. The molecule has 2 aliphatic heterocycles. The van der Waals surface area contributed by atoms with Gasteiger partial charge in [0.05, 0.1) is 33.1 Å². The molecule has 2 aliphatic rings. The summed E-state index contributed by atoms with van der Waals surface area (Å²) >= 11 is 1.95. The molecular weight excluding hydrogens is 823 g/mol. The molecule has 3 aromatic carbocycles. The molecule has 2 fully saturated rings. The molecule has 0 atom stereocenters. The first-order valence-corrected chi connectivity index (χ1v) is 22.8. The van der Waals surface area contributed by atoms with Gasteiger partial charge < -0.3 is 9.13 Å². The third-order valence-corrected chi connectivity index (χ3v) is 10.8. The minimum atomic E-state index is -0.289. The number of aromatic nitrogens is 3. The van der Waals surface area contributed by atoms with E-state index in [0.717, 1.165) is 68.8 Å². The number of hydrogen-bond acceptors (Lipinski definition) is 7. The van der Waals surface area contributed by atoms with Crippen LogP contribution in [0, 0.1) is 27.7 Å². The summed E-state index contributed by atoms with van der Waals surface area (Å²) in [5.41, 5.74) is 9.21. The number of imide groups is 2. The van der Waals surface area contributed by atoms with Crippen molar-refractivity contribution < 1.29 is 19.2 Å².